The lowest BCUT2D eigenvalue weighted by Gasteiger charge is -2.12. The van der Waals surface area contributed by atoms with Crippen LogP contribution in [0.4, 0.5) is 5.69 Å². The van der Waals surface area contributed by atoms with E-state index in [1.165, 1.54) is 18.2 Å². The molecule has 146 valence electrons. The van der Waals surface area contributed by atoms with Crippen molar-refractivity contribution in [2.45, 2.75) is 0 Å². The van der Waals surface area contributed by atoms with E-state index in [1.54, 1.807) is 0 Å². The van der Waals surface area contributed by atoms with Crippen molar-refractivity contribution in [3.63, 3.8) is 0 Å². The average Bonchev–Trinajstić information content (AvgIpc) is 3.17. The van der Waals surface area contributed by atoms with Crippen molar-refractivity contribution in [1.82, 2.24) is 9.46 Å². The predicted octanol–water partition coefficient (Wildman–Crippen LogP) is -0.658. The molecule has 0 fully saturated rings. The highest BCUT2D eigenvalue weighted by molar-refractivity contribution is 6.18. The van der Waals surface area contributed by atoms with Gasteiger partial charge in [0.25, 0.3) is 0 Å². The lowest BCUT2D eigenvalue weighted by Crippen LogP contribution is -2.22. The van der Waals surface area contributed by atoms with Gasteiger partial charge in [0.15, 0.2) is 0 Å². The standard InChI is InChI=1S/C16H15N3O8Si/c20-11-3-4-12(21)18(11)26-15(24)8-1-2-9(10(7-8)17-28)16(25)27-19-13(22)5-6-14(19)23/h1-7,17,20-23H,28H3. The highest BCUT2D eigenvalue weighted by Crippen LogP contribution is 2.23. The van der Waals surface area contributed by atoms with E-state index < -0.39 is 35.5 Å². The van der Waals surface area contributed by atoms with Crippen LogP contribution in [0.15, 0.2) is 42.5 Å². The number of hydrogen-bond donors (Lipinski definition) is 5. The summed E-state index contributed by atoms with van der Waals surface area (Å²) in [7, 11) is 0.418. The number of carbonyl (C=O) groups excluding carboxylic acids is 2. The summed E-state index contributed by atoms with van der Waals surface area (Å²) in [5.74, 6) is -3.70. The summed E-state index contributed by atoms with van der Waals surface area (Å²) in [6.07, 6.45) is 0. The van der Waals surface area contributed by atoms with E-state index in [1.807, 2.05) is 0 Å². The van der Waals surface area contributed by atoms with Crippen LogP contribution < -0.4 is 14.7 Å². The molecule has 0 bridgehead atoms. The normalized spacial score (nSPS) is 10.6. The molecule has 1 aromatic carbocycles. The number of anilines is 1. The van der Waals surface area contributed by atoms with Crippen LogP contribution in [0.1, 0.15) is 20.7 Å². The highest BCUT2D eigenvalue weighted by Gasteiger charge is 2.20. The molecule has 0 unspecified atom stereocenters. The van der Waals surface area contributed by atoms with E-state index in [-0.39, 0.29) is 16.8 Å². The Bertz CT molecular complexity index is 1020. The third-order valence-corrected chi connectivity index (χ3v) is 4.23. The van der Waals surface area contributed by atoms with Crippen LogP contribution >= 0.6 is 0 Å². The van der Waals surface area contributed by atoms with Gasteiger partial charge < -0.3 is 35.1 Å². The van der Waals surface area contributed by atoms with Crippen LogP contribution in [0.25, 0.3) is 0 Å². The van der Waals surface area contributed by atoms with Gasteiger partial charge in [0.2, 0.25) is 23.5 Å². The molecule has 2 heterocycles. The lowest BCUT2D eigenvalue weighted by molar-refractivity contribution is 0.0372. The van der Waals surface area contributed by atoms with E-state index >= 15 is 0 Å². The first-order chi connectivity index (χ1) is 13.3. The molecule has 3 aromatic rings. The number of aromatic nitrogens is 2. The van der Waals surface area contributed by atoms with Crippen molar-refractivity contribution in [2.75, 3.05) is 4.98 Å². The van der Waals surface area contributed by atoms with E-state index in [9.17, 15) is 30.0 Å². The van der Waals surface area contributed by atoms with E-state index in [2.05, 4.69) is 4.98 Å². The molecule has 0 atom stereocenters. The molecular formula is C16H15N3O8Si. The number of carbonyl (C=O) groups is 2. The smallest absolute Gasteiger partial charge is 0.365 e. The van der Waals surface area contributed by atoms with Crippen molar-refractivity contribution in [3.8, 4) is 23.5 Å². The Hall–Kier alpha value is -4.06. The molecule has 5 N–H and O–H groups in total. The molecule has 0 saturated heterocycles. The van der Waals surface area contributed by atoms with Gasteiger partial charge in [-0.3, -0.25) is 0 Å². The average molecular weight is 405 g/mol. The number of benzene rings is 1. The van der Waals surface area contributed by atoms with Gasteiger partial charge in [-0.2, -0.15) is 0 Å². The molecule has 12 heteroatoms. The van der Waals surface area contributed by atoms with Gasteiger partial charge in [0, 0.05) is 30.0 Å². The molecule has 0 amide bonds. The number of rotatable bonds is 5. The molecule has 11 nitrogen and oxygen atoms in total. The third kappa shape index (κ3) is 3.43. The fourth-order valence-electron chi connectivity index (χ4n) is 2.31. The quantitative estimate of drug-likeness (QED) is 0.348. The Morgan fingerprint density at radius 3 is 1.71 bits per heavy atom. The Kier molecular flexibility index (Phi) is 4.87. The van der Waals surface area contributed by atoms with Crippen molar-refractivity contribution < 1.29 is 39.7 Å². The molecule has 0 radical (unpaired) electrons. The zero-order chi connectivity index (χ0) is 20.4. The summed E-state index contributed by atoms with van der Waals surface area (Å²) >= 11 is 0. The number of aromatic hydroxyl groups is 4. The maximum absolute atomic E-state index is 12.3. The van der Waals surface area contributed by atoms with Crippen LogP contribution in [0, 0.1) is 0 Å². The Morgan fingerprint density at radius 2 is 1.25 bits per heavy atom. The van der Waals surface area contributed by atoms with Gasteiger partial charge in [0.1, 0.15) is 10.4 Å². The molecule has 2 aromatic heterocycles. The summed E-state index contributed by atoms with van der Waals surface area (Å²) in [4.78, 5) is 37.3. The molecular weight excluding hydrogens is 390 g/mol. The van der Waals surface area contributed by atoms with Crippen molar-refractivity contribution in [2.24, 2.45) is 0 Å². The first-order valence-corrected chi connectivity index (χ1v) is 8.78. The minimum Gasteiger partial charge on any atom is -0.492 e. The fourth-order valence-corrected chi connectivity index (χ4v) is 2.73. The first-order valence-electron chi connectivity index (χ1n) is 7.78. The van der Waals surface area contributed by atoms with Crippen molar-refractivity contribution in [1.29, 1.82) is 0 Å². The lowest BCUT2D eigenvalue weighted by atomic mass is 10.1. The molecule has 0 spiro atoms. The topological polar surface area (TPSA) is 155 Å². The van der Waals surface area contributed by atoms with Gasteiger partial charge in [-0.25, -0.2) is 9.59 Å². The minimum atomic E-state index is -0.902. The largest absolute Gasteiger partial charge is 0.492 e. The summed E-state index contributed by atoms with van der Waals surface area (Å²) in [5, 5.41) is 38.2. The molecule has 28 heavy (non-hydrogen) atoms. The summed E-state index contributed by atoms with van der Waals surface area (Å²) in [5.41, 5.74) is 0.304. The Labute approximate surface area is 160 Å². The number of hydrogen-bond acceptors (Lipinski definition) is 9. The van der Waals surface area contributed by atoms with Crippen LogP contribution in [-0.2, 0) is 0 Å². The van der Waals surface area contributed by atoms with E-state index in [0.29, 0.717) is 19.9 Å². The van der Waals surface area contributed by atoms with Crippen molar-refractivity contribution in [3.05, 3.63) is 53.6 Å². The van der Waals surface area contributed by atoms with Crippen LogP contribution in [0.3, 0.4) is 0 Å². The second-order valence-corrected chi connectivity index (χ2v) is 5.96. The maximum Gasteiger partial charge on any atom is 0.365 e. The van der Waals surface area contributed by atoms with Crippen LogP contribution in [0.2, 0.25) is 0 Å². The maximum atomic E-state index is 12.3. The Balaban J connectivity index is 1.84. The van der Waals surface area contributed by atoms with Gasteiger partial charge in [-0.15, -0.1) is 9.46 Å². The SMILES string of the molecule is O=C(On1c(O)ccc1O)c1ccc(C(=O)On2c(O)ccc2O)c(N[SiH3])c1. The van der Waals surface area contributed by atoms with Crippen molar-refractivity contribution >= 4 is 28.0 Å². The molecule has 0 saturated carbocycles. The highest BCUT2D eigenvalue weighted by atomic mass is 28.2. The second kappa shape index (κ2) is 7.28. The molecule has 3 rings (SSSR count). The van der Waals surface area contributed by atoms with Crippen LogP contribution in [-0.4, -0.2) is 52.2 Å². The summed E-state index contributed by atoms with van der Waals surface area (Å²) in [6, 6.07) is 8.43. The van der Waals surface area contributed by atoms with Gasteiger partial charge in [0.05, 0.1) is 11.1 Å². The first kappa shape index (κ1) is 18.7. The molecule has 0 aliphatic heterocycles. The zero-order valence-corrected chi connectivity index (χ0v) is 16.4. The Morgan fingerprint density at radius 1 is 0.786 bits per heavy atom. The molecule has 0 aliphatic carbocycles. The third-order valence-electron chi connectivity index (χ3n) is 3.69. The van der Waals surface area contributed by atoms with Gasteiger partial charge in [-0.05, 0) is 18.2 Å². The monoisotopic (exact) mass is 405 g/mol. The van der Waals surface area contributed by atoms with Crippen LogP contribution in [0.5, 0.6) is 23.5 Å². The van der Waals surface area contributed by atoms with Gasteiger partial charge in [-0.1, -0.05) is 0 Å². The summed E-state index contributed by atoms with van der Waals surface area (Å²) < 4.78 is 1.08. The minimum absolute atomic E-state index is 0.0223. The van der Waals surface area contributed by atoms with E-state index in [4.69, 9.17) is 9.68 Å². The van der Waals surface area contributed by atoms with Gasteiger partial charge >= 0.3 is 11.9 Å². The number of nitrogens with one attached hydrogen (secondary N) is 1. The van der Waals surface area contributed by atoms with E-state index in [0.717, 1.165) is 24.3 Å². The zero-order valence-electron chi connectivity index (χ0n) is 14.4. The predicted molar refractivity (Wildman–Crippen MR) is 97.3 cm³/mol. The summed E-state index contributed by atoms with van der Waals surface area (Å²) in [6.45, 7) is 0. The molecule has 0 aliphatic rings. The second-order valence-electron chi connectivity index (χ2n) is 5.46. The fraction of sp³-hybridized carbons (Fsp3) is 0. The number of nitrogens with zero attached hydrogens (tertiary/aromatic N) is 2.